The topological polar surface area (TPSA) is 93.4 Å². The van der Waals surface area contributed by atoms with Gasteiger partial charge >= 0.3 is 0 Å². The van der Waals surface area contributed by atoms with E-state index in [0.717, 1.165) is 32.6 Å². The molecule has 4 aromatic rings. The van der Waals surface area contributed by atoms with Crippen LogP contribution in [0.3, 0.4) is 0 Å². The molecule has 0 unspecified atom stereocenters. The van der Waals surface area contributed by atoms with Crippen molar-refractivity contribution in [3.8, 4) is 16.3 Å². The van der Waals surface area contributed by atoms with Crippen LogP contribution >= 0.6 is 23.6 Å². The molecule has 30 heavy (non-hydrogen) atoms. The van der Waals surface area contributed by atoms with Gasteiger partial charge in [0, 0.05) is 16.8 Å². The molecule has 8 nitrogen and oxygen atoms in total. The fourth-order valence-corrected chi connectivity index (χ4v) is 3.92. The fraction of sp³-hybridized carbons (Fsp3) is 0.150. The summed E-state index contributed by atoms with van der Waals surface area (Å²) in [6.45, 7) is 3.83. The summed E-state index contributed by atoms with van der Waals surface area (Å²) in [5.41, 5.74) is 3.24. The number of aryl methyl sites for hydroxylation is 2. The lowest BCUT2D eigenvalue weighted by Crippen LogP contribution is -2.34. The van der Waals surface area contributed by atoms with Crippen LogP contribution in [0.25, 0.3) is 15.5 Å². The predicted molar refractivity (Wildman–Crippen MR) is 120 cm³/mol. The molecular formula is C20H18N6O2S2. The number of hydrogen-bond donors (Lipinski definition) is 2. The molecule has 2 aromatic carbocycles. The Morgan fingerprint density at radius 1 is 1.13 bits per heavy atom. The van der Waals surface area contributed by atoms with Crippen molar-refractivity contribution < 1.29 is 9.53 Å². The van der Waals surface area contributed by atoms with E-state index in [1.54, 1.807) is 35.9 Å². The smallest absolute Gasteiger partial charge is 0.257 e. The molecule has 1 amide bonds. The molecule has 0 bridgehead atoms. The molecule has 0 spiro atoms. The highest BCUT2D eigenvalue weighted by Gasteiger charge is 2.13. The predicted octanol–water partition coefficient (Wildman–Crippen LogP) is 3.61. The number of nitrogens with one attached hydrogen (secondary N) is 2. The van der Waals surface area contributed by atoms with Gasteiger partial charge in [0.2, 0.25) is 4.96 Å². The fourth-order valence-electron chi connectivity index (χ4n) is 2.84. The highest BCUT2D eigenvalue weighted by molar-refractivity contribution is 7.80. The van der Waals surface area contributed by atoms with Gasteiger partial charge in [-0.05, 0) is 74.1 Å². The summed E-state index contributed by atoms with van der Waals surface area (Å²) in [4.78, 5) is 13.1. The SMILES string of the molecule is COc1ccc(C(=O)NC(=S)Nc2ccc(-c3nn4c(C)nnc4s3)cc2C)cc1. The van der Waals surface area contributed by atoms with Crippen LogP contribution in [0, 0.1) is 13.8 Å². The van der Waals surface area contributed by atoms with Crippen LogP contribution in [0.15, 0.2) is 42.5 Å². The molecule has 0 aliphatic rings. The number of anilines is 1. The number of carbonyl (C=O) groups excluding carboxylic acids is 1. The Hall–Kier alpha value is -3.37. The lowest BCUT2D eigenvalue weighted by molar-refractivity contribution is 0.0977. The van der Waals surface area contributed by atoms with Crippen LogP contribution in [-0.2, 0) is 0 Å². The van der Waals surface area contributed by atoms with Gasteiger partial charge in [0.05, 0.1) is 7.11 Å². The normalized spacial score (nSPS) is 10.8. The van der Waals surface area contributed by atoms with Crippen molar-refractivity contribution in [1.82, 2.24) is 25.1 Å². The molecule has 10 heteroatoms. The minimum Gasteiger partial charge on any atom is -0.497 e. The van der Waals surface area contributed by atoms with E-state index in [1.807, 2.05) is 32.0 Å². The Morgan fingerprint density at radius 3 is 2.57 bits per heavy atom. The molecule has 2 heterocycles. The quantitative estimate of drug-likeness (QED) is 0.470. The molecule has 0 saturated heterocycles. The first-order valence-electron chi connectivity index (χ1n) is 9.01. The third-order valence-electron chi connectivity index (χ3n) is 4.45. The summed E-state index contributed by atoms with van der Waals surface area (Å²) in [5, 5.41) is 19.5. The number of carbonyl (C=O) groups is 1. The minimum atomic E-state index is -0.292. The zero-order valence-corrected chi connectivity index (χ0v) is 18.1. The molecule has 0 aliphatic heterocycles. The van der Waals surface area contributed by atoms with E-state index in [-0.39, 0.29) is 11.0 Å². The van der Waals surface area contributed by atoms with Crippen molar-refractivity contribution >= 4 is 45.2 Å². The second kappa shape index (κ2) is 8.17. The van der Waals surface area contributed by atoms with Crippen molar-refractivity contribution in [2.75, 3.05) is 12.4 Å². The number of ether oxygens (including phenoxy) is 1. The van der Waals surface area contributed by atoms with E-state index >= 15 is 0 Å². The molecule has 2 N–H and O–H groups in total. The first-order valence-corrected chi connectivity index (χ1v) is 10.2. The molecular weight excluding hydrogens is 420 g/mol. The average Bonchev–Trinajstić information content (AvgIpc) is 3.31. The van der Waals surface area contributed by atoms with Crippen molar-refractivity contribution in [3.63, 3.8) is 0 Å². The number of aromatic nitrogens is 4. The zero-order valence-electron chi connectivity index (χ0n) is 16.5. The molecule has 0 fully saturated rings. The van der Waals surface area contributed by atoms with Crippen molar-refractivity contribution in [1.29, 1.82) is 0 Å². The summed E-state index contributed by atoms with van der Waals surface area (Å²) in [7, 11) is 1.58. The van der Waals surface area contributed by atoms with E-state index < -0.39 is 0 Å². The summed E-state index contributed by atoms with van der Waals surface area (Å²) >= 11 is 6.77. The van der Waals surface area contributed by atoms with E-state index in [2.05, 4.69) is 25.9 Å². The Morgan fingerprint density at radius 2 is 1.90 bits per heavy atom. The van der Waals surface area contributed by atoms with E-state index in [4.69, 9.17) is 17.0 Å². The van der Waals surface area contributed by atoms with Gasteiger partial charge in [-0.2, -0.15) is 9.61 Å². The Labute approximate surface area is 181 Å². The van der Waals surface area contributed by atoms with Crippen LogP contribution < -0.4 is 15.4 Å². The van der Waals surface area contributed by atoms with Gasteiger partial charge in [0.15, 0.2) is 10.9 Å². The van der Waals surface area contributed by atoms with Gasteiger partial charge in [0.25, 0.3) is 5.91 Å². The van der Waals surface area contributed by atoms with Gasteiger partial charge in [-0.1, -0.05) is 11.3 Å². The third-order valence-corrected chi connectivity index (χ3v) is 5.60. The maximum absolute atomic E-state index is 12.4. The van der Waals surface area contributed by atoms with E-state index in [9.17, 15) is 4.79 Å². The number of rotatable bonds is 4. The first kappa shape index (κ1) is 19.9. The van der Waals surface area contributed by atoms with Gasteiger partial charge < -0.3 is 10.1 Å². The standard InChI is InChI=1S/C20H18N6O2S2/c1-11-10-14(18-25-26-12(2)23-24-20(26)30-18)6-9-16(11)21-19(29)22-17(27)13-4-7-15(28-3)8-5-13/h4-10H,1-3H3,(H2,21,22,27,29). The van der Waals surface area contributed by atoms with Gasteiger partial charge in [-0.25, -0.2) is 0 Å². The molecule has 0 radical (unpaired) electrons. The first-order chi connectivity index (χ1) is 14.4. The highest BCUT2D eigenvalue weighted by atomic mass is 32.1. The van der Waals surface area contributed by atoms with Crippen LogP contribution in [0.2, 0.25) is 0 Å². The third kappa shape index (κ3) is 4.00. The van der Waals surface area contributed by atoms with Crippen molar-refractivity contribution in [2.45, 2.75) is 13.8 Å². The Balaban J connectivity index is 1.45. The lowest BCUT2D eigenvalue weighted by atomic mass is 10.1. The minimum absolute atomic E-state index is 0.223. The van der Waals surface area contributed by atoms with Crippen molar-refractivity contribution in [2.24, 2.45) is 0 Å². The zero-order chi connectivity index (χ0) is 21.3. The summed E-state index contributed by atoms with van der Waals surface area (Å²) in [6.07, 6.45) is 0. The van der Waals surface area contributed by atoms with Crippen molar-refractivity contribution in [3.05, 3.63) is 59.4 Å². The highest BCUT2D eigenvalue weighted by Crippen LogP contribution is 2.28. The van der Waals surface area contributed by atoms with E-state index in [0.29, 0.717) is 11.3 Å². The average molecular weight is 439 g/mol. The summed E-state index contributed by atoms with van der Waals surface area (Å²) in [5.74, 6) is 1.14. The molecule has 0 aliphatic carbocycles. The number of nitrogens with zero attached hydrogens (tertiary/aromatic N) is 4. The number of hydrogen-bond acceptors (Lipinski definition) is 7. The van der Waals surface area contributed by atoms with Gasteiger partial charge in [-0.3, -0.25) is 10.1 Å². The number of thiocarbonyl (C=S) groups is 1. The van der Waals surface area contributed by atoms with E-state index in [1.165, 1.54) is 11.3 Å². The molecule has 152 valence electrons. The lowest BCUT2D eigenvalue weighted by Gasteiger charge is -2.12. The van der Waals surface area contributed by atoms with Crippen LogP contribution in [0.1, 0.15) is 21.7 Å². The number of methoxy groups -OCH3 is 1. The molecule has 0 saturated carbocycles. The molecule has 0 atom stereocenters. The van der Waals surface area contributed by atoms with Crippen LogP contribution in [0.4, 0.5) is 5.69 Å². The Bertz CT molecular complexity index is 1250. The Kier molecular flexibility index (Phi) is 5.42. The molecule has 4 rings (SSSR count). The van der Waals surface area contributed by atoms with Crippen LogP contribution in [0.5, 0.6) is 5.75 Å². The van der Waals surface area contributed by atoms with Crippen LogP contribution in [-0.4, -0.2) is 37.9 Å². The molecule has 2 aromatic heterocycles. The maximum Gasteiger partial charge on any atom is 0.257 e. The van der Waals surface area contributed by atoms with Gasteiger partial charge in [-0.15, -0.1) is 10.2 Å². The summed E-state index contributed by atoms with van der Waals surface area (Å²) in [6, 6.07) is 12.7. The number of benzene rings is 2. The summed E-state index contributed by atoms with van der Waals surface area (Å²) < 4.78 is 6.83. The second-order valence-electron chi connectivity index (χ2n) is 6.52. The number of amides is 1. The maximum atomic E-state index is 12.4. The monoisotopic (exact) mass is 438 g/mol. The largest absolute Gasteiger partial charge is 0.497 e. The second-order valence-corrected chi connectivity index (χ2v) is 7.88. The number of fused-ring (bicyclic) bond motifs is 1. The van der Waals surface area contributed by atoms with Gasteiger partial charge in [0.1, 0.15) is 10.8 Å².